The number of nitrogens with one attached hydrogen (secondary N) is 1. The maximum Gasteiger partial charge on any atom is 0.252 e. The topological polar surface area (TPSA) is 72.5 Å². The van der Waals surface area contributed by atoms with Crippen LogP contribution in [0.5, 0.6) is 0 Å². The van der Waals surface area contributed by atoms with Crippen LogP contribution in [-0.2, 0) is 17.8 Å². The normalized spacial score (nSPS) is 17.1. The number of amides is 1. The lowest BCUT2D eigenvalue weighted by molar-refractivity contribution is -0.129. The zero-order valence-corrected chi connectivity index (χ0v) is 16.3. The molecular weight excluding hydrogens is 350 g/mol. The molecule has 2 aromatic rings. The van der Waals surface area contributed by atoms with Gasteiger partial charge in [-0.3, -0.25) is 19.5 Å². The number of thiophene rings is 1. The van der Waals surface area contributed by atoms with Crippen molar-refractivity contribution in [2.24, 2.45) is 0 Å². The Balaban J connectivity index is 1.58. The lowest BCUT2D eigenvalue weighted by Crippen LogP contribution is -2.37. The molecule has 8 heteroatoms. The molecule has 0 saturated carbocycles. The summed E-state index contributed by atoms with van der Waals surface area (Å²) in [4.78, 5) is 38.5. The molecule has 0 spiro atoms. The molecule has 3 heterocycles. The summed E-state index contributed by atoms with van der Waals surface area (Å²) in [7, 11) is 5.72. The highest BCUT2D eigenvalue weighted by Crippen LogP contribution is 2.18. The van der Waals surface area contributed by atoms with Crippen LogP contribution in [0, 0.1) is 0 Å². The summed E-state index contributed by atoms with van der Waals surface area (Å²) in [6.45, 7) is 2.10. The van der Waals surface area contributed by atoms with Crippen LogP contribution < -0.4 is 10.5 Å². The first kappa shape index (κ1) is 18.6. The van der Waals surface area contributed by atoms with E-state index < -0.39 is 0 Å². The van der Waals surface area contributed by atoms with Crippen molar-refractivity contribution >= 4 is 23.2 Å². The zero-order chi connectivity index (χ0) is 18.7. The molecule has 1 aliphatic rings. The number of aromatic amines is 1. The molecule has 1 aliphatic heterocycles. The van der Waals surface area contributed by atoms with Crippen LogP contribution in [0.1, 0.15) is 17.0 Å². The van der Waals surface area contributed by atoms with E-state index in [2.05, 4.69) is 14.9 Å². The summed E-state index contributed by atoms with van der Waals surface area (Å²) in [6, 6.07) is 5.80. The number of hydrogen-bond acceptors (Lipinski definition) is 6. The molecule has 7 nitrogen and oxygen atoms in total. The van der Waals surface area contributed by atoms with Crippen molar-refractivity contribution in [2.75, 3.05) is 39.1 Å². The summed E-state index contributed by atoms with van der Waals surface area (Å²) in [5, 5.41) is 2.00. The van der Waals surface area contributed by atoms with Crippen LogP contribution in [0.3, 0.4) is 0 Å². The van der Waals surface area contributed by atoms with Crippen molar-refractivity contribution in [1.29, 1.82) is 0 Å². The second-order valence-corrected chi connectivity index (χ2v) is 7.94. The van der Waals surface area contributed by atoms with Crippen LogP contribution in [0.25, 0.3) is 0 Å². The number of aromatic nitrogens is 2. The van der Waals surface area contributed by atoms with Gasteiger partial charge in [-0.1, -0.05) is 6.07 Å². The summed E-state index contributed by atoms with van der Waals surface area (Å²) in [6.07, 6.45) is 1.42. The van der Waals surface area contributed by atoms with Crippen LogP contribution in [0.2, 0.25) is 0 Å². The van der Waals surface area contributed by atoms with Gasteiger partial charge in [-0.25, -0.2) is 4.98 Å². The van der Waals surface area contributed by atoms with Gasteiger partial charge in [-0.05, 0) is 24.9 Å². The molecule has 3 rings (SSSR count). The molecule has 140 valence electrons. The van der Waals surface area contributed by atoms with E-state index in [4.69, 9.17) is 0 Å². The quantitative estimate of drug-likeness (QED) is 0.821. The second-order valence-electron chi connectivity index (χ2n) is 6.91. The fourth-order valence-electron chi connectivity index (χ4n) is 3.17. The summed E-state index contributed by atoms with van der Waals surface area (Å²) in [5.41, 5.74) is 0.592. The van der Waals surface area contributed by atoms with E-state index in [1.165, 1.54) is 6.07 Å². The molecule has 0 bridgehead atoms. The average molecular weight is 375 g/mol. The summed E-state index contributed by atoms with van der Waals surface area (Å²) >= 11 is 1.62. The third-order valence-corrected chi connectivity index (χ3v) is 5.54. The largest absolute Gasteiger partial charge is 0.348 e. The van der Waals surface area contributed by atoms with E-state index in [9.17, 15) is 9.59 Å². The Kier molecular flexibility index (Phi) is 5.73. The lowest BCUT2D eigenvalue weighted by atomic mass is 10.2. The third-order valence-electron chi connectivity index (χ3n) is 4.66. The van der Waals surface area contributed by atoms with E-state index in [0.29, 0.717) is 18.9 Å². The molecule has 1 fully saturated rings. The van der Waals surface area contributed by atoms with E-state index in [1.807, 2.05) is 43.6 Å². The Morgan fingerprint density at radius 1 is 1.42 bits per heavy atom. The standard InChI is InChI=1S/C18H25N5O2S/c1-21(2)18-19-13(9-16(24)20-18)11-22(3)14-6-7-23(12-14)17(25)10-15-5-4-8-26-15/h4-5,8-9,14H,6-7,10-12H2,1-3H3,(H,19,20,24)/t14-/m1/s1. The summed E-state index contributed by atoms with van der Waals surface area (Å²) in [5.74, 6) is 0.743. The van der Waals surface area contributed by atoms with Gasteiger partial charge in [0.1, 0.15) is 0 Å². The van der Waals surface area contributed by atoms with Crippen LogP contribution >= 0.6 is 11.3 Å². The second kappa shape index (κ2) is 8.01. The molecule has 1 atom stereocenters. The fraction of sp³-hybridized carbons (Fsp3) is 0.500. The van der Waals surface area contributed by atoms with Gasteiger partial charge in [-0.15, -0.1) is 11.3 Å². The SMILES string of the molecule is CN(C)c1nc(CN(C)[C@@H]2CCN(C(=O)Cc3cccs3)C2)cc(=O)[nH]1. The predicted molar refractivity (Wildman–Crippen MR) is 104 cm³/mol. The van der Waals surface area contributed by atoms with Gasteiger partial charge < -0.3 is 9.80 Å². The monoisotopic (exact) mass is 375 g/mol. The number of likely N-dealkylation sites (N-methyl/N-ethyl adjacent to an activating group) is 1. The molecule has 26 heavy (non-hydrogen) atoms. The highest BCUT2D eigenvalue weighted by molar-refractivity contribution is 7.10. The van der Waals surface area contributed by atoms with Crippen molar-refractivity contribution in [3.05, 3.63) is 44.5 Å². The van der Waals surface area contributed by atoms with E-state index >= 15 is 0 Å². The lowest BCUT2D eigenvalue weighted by Gasteiger charge is -2.24. The van der Waals surface area contributed by atoms with Crippen LogP contribution in [0.4, 0.5) is 5.95 Å². The Labute approximate surface area is 157 Å². The average Bonchev–Trinajstić information content (AvgIpc) is 3.25. The number of carbonyl (C=O) groups is 1. The molecule has 2 aromatic heterocycles. The first-order valence-electron chi connectivity index (χ1n) is 8.70. The molecule has 0 aliphatic carbocycles. The van der Waals surface area contributed by atoms with Crippen molar-refractivity contribution in [3.8, 4) is 0 Å². The van der Waals surface area contributed by atoms with Crippen LogP contribution in [-0.4, -0.2) is 65.9 Å². The fourth-order valence-corrected chi connectivity index (χ4v) is 3.87. The minimum Gasteiger partial charge on any atom is -0.348 e. The zero-order valence-electron chi connectivity index (χ0n) is 15.4. The molecule has 1 N–H and O–H groups in total. The highest BCUT2D eigenvalue weighted by Gasteiger charge is 2.29. The first-order valence-corrected chi connectivity index (χ1v) is 9.58. The Morgan fingerprint density at radius 3 is 2.92 bits per heavy atom. The van der Waals surface area contributed by atoms with Crippen molar-refractivity contribution < 1.29 is 4.79 Å². The Hall–Kier alpha value is -2.19. The van der Waals surface area contributed by atoms with Gasteiger partial charge in [0, 0.05) is 50.7 Å². The van der Waals surface area contributed by atoms with Gasteiger partial charge in [0.15, 0.2) is 0 Å². The molecule has 0 aromatic carbocycles. The van der Waals surface area contributed by atoms with E-state index in [1.54, 1.807) is 16.2 Å². The predicted octanol–water partition coefficient (Wildman–Crippen LogP) is 1.17. The molecule has 0 radical (unpaired) electrons. The molecular formula is C18H25N5O2S. The molecule has 1 saturated heterocycles. The minimum absolute atomic E-state index is 0.147. The van der Waals surface area contributed by atoms with Crippen LogP contribution in [0.15, 0.2) is 28.4 Å². The van der Waals surface area contributed by atoms with Crippen molar-refractivity contribution in [2.45, 2.75) is 25.4 Å². The number of hydrogen-bond donors (Lipinski definition) is 1. The Morgan fingerprint density at radius 2 is 2.23 bits per heavy atom. The number of anilines is 1. The number of rotatable bonds is 6. The number of nitrogens with zero attached hydrogens (tertiary/aromatic N) is 4. The van der Waals surface area contributed by atoms with Gasteiger partial charge in [0.25, 0.3) is 5.56 Å². The first-order chi connectivity index (χ1) is 12.4. The smallest absolute Gasteiger partial charge is 0.252 e. The van der Waals surface area contributed by atoms with Gasteiger partial charge in [0.05, 0.1) is 12.1 Å². The number of H-pyrrole nitrogens is 1. The van der Waals surface area contributed by atoms with E-state index in [-0.39, 0.29) is 17.5 Å². The Bertz CT molecular complexity index is 802. The highest BCUT2D eigenvalue weighted by atomic mass is 32.1. The summed E-state index contributed by atoms with van der Waals surface area (Å²) < 4.78 is 0. The minimum atomic E-state index is -0.147. The molecule has 0 unspecified atom stereocenters. The number of carbonyl (C=O) groups excluding carboxylic acids is 1. The van der Waals surface area contributed by atoms with Crippen molar-refractivity contribution in [3.63, 3.8) is 0 Å². The maximum atomic E-state index is 12.5. The molecule has 1 amide bonds. The van der Waals surface area contributed by atoms with Gasteiger partial charge in [0.2, 0.25) is 11.9 Å². The van der Waals surface area contributed by atoms with Crippen molar-refractivity contribution in [1.82, 2.24) is 19.8 Å². The number of likely N-dealkylation sites (tertiary alicyclic amines) is 1. The van der Waals surface area contributed by atoms with Gasteiger partial charge >= 0.3 is 0 Å². The maximum absolute atomic E-state index is 12.5. The van der Waals surface area contributed by atoms with E-state index in [0.717, 1.165) is 30.1 Å². The van der Waals surface area contributed by atoms with Gasteiger partial charge in [-0.2, -0.15) is 0 Å². The third kappa shape index (κ3) is 4.50.